The van der Waals surface area contributed by atoms with Gasteiger partial charge in [-0.2, -0.15) is 0 Å². The number of unbranched alkanes of at least 4 members (excludes halogenated alkanes) is 2. The number of hydrogen-bond donors (Lipinski definition) is 0. The maximum Gasteiger partial charge on any atom is 0.255 e. The lowest BCUT2D eigenvalue weighted by molar-refractivity contribution is -0.131. The van der Waals surface area contributed by atoms with Crippen molar-refractivity contribution in [2.24, 2.45) is 7.05 Å². The summed E-state index contributed by atoms with van der Waals surface area (Å²) >= 11 is 0. The standard InChI is InChI=1S/C46H60N4O3/c1-8-10-16-40-33(4)48(7)45(41(40)17-11-9-2)42-28-36-22-23-49(44(51)27-34-18-20-39(21-19-34)53-25-24-47(5)6)30-38(36)29-43(42)46(52)50-31-37-15-13-12-14-35(37)26-32(50)3/h12-15,18-21,28-29,32H,8-11,16-17,22-27,30-31H2,1-7H3/t32-/m1/s1. The van der Waals surface area contributed by atoms with Crippen molar-refractivity contribution < 1.29 is 14.3 Å². The third-order valence-electron chi connectivity index (χ3n) is 11.5. The van der Waals surface area contributed by atoms with Crippen LogP contribution in [0.25, 0.3) is 11.3 Å². The molecule has 0 unspecified atom stereocenters. The molecule has 2 amide bonds. The zero-order valence-corrected chi connectivity index (χ0v) is 33.3. The SMILES string of the molecule is CCCCc1c(CCCC)c(-c2cc3c(cc2C(=O)N2Cc4ccccc4C[C@H]2C)CN(C(=O)Cc2ccc(OCCN(C)C)cc2)CC3)n(C)c1C. The van der Waals surface area contributed by atoms with Crippen molar-refractivity contribution in [3.8, 4) is 17.0 Å². The summed E-state index contributed by atoms with van der Waals surface area (Å²) in [5.41, 5.74) is 13.0. The van der Waals surface area contributed by atoms with Crippen LogP contribution < -0.4 is 4.74 Å². The first-order chi connectivity index (χ1) is 25.6. The third-order valence-corrected chi connectivity index (χ3v) is 11.5. The summed E-state index contributed by atoms with van der Waals surface area (Å²) in [6.45, 7) is 12.2. The summed E-state index contributed by atoms with van der Waals surface area (Å²) in [5, 5.41) is 0. The highest BCUT2D eigenvalue weighted by Gasteiger charge is 2.33. The van der Waals surface area contributed by atoms with Gasteiger partial charge in [0.1, 0.15) is 12.4 Å². The average molecular weight is 717 g/mol. The van der Waals surface area contributed by atoms with E-state index in [4.69, 9.17) is 4.74 Å². The van der Waals surface area contributed by atoms with E-state index in [2.05, 4.69) is 85.5 Å². The molecule has 0 radical (unpaired) electrons. The topological polar surface area (TPSA) is 58.0 Å². The monoisotopic (exact) mass is 716 g/mol. The fourth-order valence-electron chi connectivity index (χ4n) is 8.22. The van der Waals surface area contributed by atoms with E-state index in [0.717, 1.165) is 85.9 Å². The maximum absolute atomic E-state index is 15.0. The highest BCUT2D eigenvalue weighted by atomic mass is 16.5. The minimum Gasteiger partial charge on any atom is -0.492 e. The molecule has 0 saturated carbocycles. The number of rotatable bonds is 14. The molecule has 282 valence electrons. The summed E-state index contributed by atoms with van der Waals surface area (Å²) in [6.07, 6.45) is 8.58. The largest absolute Gasteiger partial charge is 0.492 e. The Morgan fingerprint density at radius 2 is 1.57 bits per heavy atom. The molecule has 4 aromatic rings. The Labute approximate surface area is 317 Å². The van der Waals surface area contributed by atoms with Gasteiger partial charge < -0.3 is 24.0 Å². The highest BCUT2D eigenvalue weighted by molar-refractivity contribution is 6.02. The molecule has 0 N–H and O–H groups in total. The van der Waals surface area contributed by atoms with Crippen LogP contribution in [0.1, 0.15) is 101 Å². The molecular formula is C46H60N4O3. The van der Waals surface area contributed by atoms with E-state index in [1.54, 1.807) is 0 Å². The summed E-state index contributed by atoms with van der Waals surface area (Å²) in [4.78, 5) is 34.9. The minimum atomic E-state index is 0.0801. The maximum atomic E-state index is 15.0. The number of amides is 2. The summed E-state index contributed by atoms with van der Waals surface area (Å²) in [6, 6.07) is 21.0. The fraction of sp³-hybridized carbons (Fsp3) is 0.478. The van der Waals surface area contributed by atoms with Gasteiger partial charge in [0.25, 0.3) is 5.91 Å². The second-order valence-corrected chi connectivity index (χ2v) is 15.6. The third kappa shape index (κ3) is 8.56. The smallest absolute Gasteiger partial charge is 0.255 e. The Bertz CT molecular complexity index is 1910. The van der Waals surface area contributed by atoms with E-state index >= 15 is 4.79 Å². The second kappa shape index (κ2) is 17.2. The van der Waals surface area contributed by atoms with E-state index in [1.807, 2.05) is 43.3 Å². The van der Waals surface area contributed by atoms with Gasteiger partial charge in [-0.15, -0.1) is 0 Å². The van der Waals surface area contributed by atoms with Crippen molar-refractivity contribution in [3.63, 3.8) is 0 Å². The molecule has 0 bridgehead atoms. The number of benzene rings is 3. The first kappa shape index (κ1) is 38.4. The molecule has 1 atom stereocenters. The van der Waals surface area contributed by atoms with Gasteiger partial charge in [0, 0.05) is 56.1 Å². The molecule has 53 heavy (non-hydrogen) atoms. The highest BCUT2D eigenvalue weighted by Crippen LogP contribution is 2.39. The number of nitrogens with zero attached hydrogens (tertiary/aromatic N) is 4. The Kier molecular flexibility index (Phi) is 12.4. The molecule has 6 rings (SSSR count). The number of aromatic nitrogens is 1. The van der Waals surface area contributed by atoms with Crippen LogP contribution in [0, 0.1) is 6.92 Å². The molecule has 0 aliphatic carbocycles. The molecule has 2 aliphatic rings. The van der Waals surface area contributed by atoms with Crippen molar-refractivity contribution in [1.82, 2.24) is 19.3 Å². The molecule has 0 saturated heterocycles. The summed E-state index contributed by atoms with van der Waals surface area (Å²) in [5.74, 6) is 1.00. The second-order valence-electron chi connectivity index (χ2n) is 15.6. The Morgan fingerprint density at radius 1 is 0.868 bits per heavy atom. The van der Waals surface area contributed by atoms with Gasteiger partial charge in [-0.25, -0.2) is 0 Å². The van der Waals surface area contributed by atoms with Gasteiger partial charge in [0.05, 0.1) is 12.1 Å². The Morgan fingerprint density at radius 3 is 2.26 bits per heavy atom. The number of carbonyl (C=O) groups excluding carboxylic acids is 2. The minimum absolute atomic E-state index is 0.0801. The van der Waals surface area contributed by atoms with Crippen LogP contribution in [-0.2, 0) is 57.0 Å². The first-order valence-corrected chi connectivity index (χ1v) is 19.9. The van der Waals surface area contributed by atoms with Crippen molar-refractivity contribution in [2.45, 2.75) is 105 Å². The van der Waals surface area contributed by atoms with Crippen molar-refractivity contribution >= 4 is 11.8 Å². The summed E-state index contributed by atoms with van der Waals surface area (Å²) in [7, 11) is 6.24. The predicted octanol–water partition coefficient (Wildman–Crippen LogP) is 8.34. The number of ether oxygens (including phenoxy) is 1. The van der Waals surface area contributed by atoms with Gasteiger partial charge in [0.15, 0.2) is 0 Å². The Balaban J connectivity index is 1.34. The van der Waals surface area contributed by atoms with Crippen molar-refractivity contribution in [1.29, 1.82) is 0 Å². The van der Waals surface area contributed by atoms with Gasteiger partial charge in [-0.3, -0.25) is 9.59 Å². The lowest BCUT2D eigenvalue weighted by Crippen LogP contribution is -2.43. The molecule has 3 aromatic carbocycles. The van der Waals surface area contributed by atoms with Gasteiger partial charge in [-0.05, 0) is 130 Å². The molecular weight excluding hydrogens is 657 g/mol. The fourth-order valence-corrected chi connectivity index (χ4v) is 8.22. The van der Waals surface area contributed by atoms with Crippen molar-refractivity contribution in [3.05, 3.63) is 111 Å². The van der Waals surface area contributed by atoms with Crippen LogP contribution >= 0.6 is 0 Å². The van der Waals surface area contributed by atoms with Crippen LogP contribution in [0.15, 0.2) is 60.7 Å². The number of fused-ring (bicyclic) bond motifs is 2. The molecule has 7 heteroatoms. The van der Waals surface area contributed by atoms with E-state index in [0.29, 0.717) is 32.7 Å². The van der Waals surface area contributed by atoms with Crippen LogP contribution in [0.4, 0.5) is 0 Å². The molecule has 2 aliphatic heterocycles. The van der Waals surface area contributed by atoms with E-state index in [1.165, 1.54) is 39.2 Å². The first-order valence-electron chi connectivity index (χ1n) is 19.9. The van der Waals surface area contributed by atoms with Gasteiger partial charge in [0.2, 0.25) is 5.91 Å². The lowest BCUT2D eigenvalue weighted by atomic mass is 9.87. The number of hydrogen-bond acceptors (Lipinski definition) is 4. The van der Waals surface area contributed by atoms with Crippen LogP contribution in [0.5, 0.6) is 5.75 Å². The van der Waals surface area contributed by atoms with E-state index in [9.17, 15) is 4.79 Å². The molecule has 1 aromatic heterocycles. The zero-order valence-electron chi connectivity index (χ0n) is 33.3. The molecule has 0 fully saturated rings. The quantitative estimate of drug-likeness (QED) is 0.132. The van der Waals surface area contributed by atoms with Crippen LogP contribution in [-0.4, -0.2) is 70.9 Å². The zero-order chi connectivity index (χ0) is 37.6. The number of carbonyl (C=O) groups is 2. The van der Waals surface area contributed by atoms with Crippen LogP contribution in [0.3, 0.4) is 0 Å². The predicted molar refractivity (Wildman–Crippen MR) is 216 cm³/mol. The molecule has 3 heterocycles. The van der Waals surface area contributed by atoms with Crippen LogP contribution in [0.2, 0.25) is 0 Å². The Hall–Kier alpha value is -4.36. The number of likely N-dealkylation sites (N-methyl/N-ethyl adjacent to an activating group) is 1. The van der Waals surface area contributed by atoms with E-state index in [-0.39, 0.29) is 17.9 Å². The molecule has 0 spiro atoms. The average Bonchev–Trinajstić information content (AvgIpc) is 3.39. The lowest BCUT2D eigenvalue weighted by Gasteiger charge is -2.36. The van der Waals surface area contributed by atoms with Gasteiger partial charge >= 0.3 is 0 Å². The molecule has 7 nitrogen and oxygen atoms in total. The van der Waals surface area contributed by atoms with Crippen molar-refractivity contribution in [2.75, 3.05) is 33.8 Å². The van der Waals surface area contributed by atoms with E-state index < -0.39 is 0 Å². The van der Waals surface area contributed by atoms with Gasteiger partial charge in [-0.1, -0.05) is 63.1 Å². The summed E-state index contributed by atoms with van der Waals surface area (Å²) < 4.78 is 8.22. The normalized spacial score (nSPS) is 15.4.